The number of allylic oxidation sites excluding steroid dienone is 2. The molecule has 4 atom stereocenters. The van der Waals surface area contributed by atoms with Crippen LogP contribution in [0.3, 0.4) is 0 Å². The number of fused-ring (bicyclic) bond motifs is 2. The molecule has 2 aliphatic carbocycles. The molecule has 3 N–H and O–H groups in total. The Bertz CT molecular complexity index is 816. The predicted octanol–water partition coefficient (Wildman–Crippen LogP) is 1.45. The minimum Gasteiger partial charge on any atom is -0.481 e. The van der Waals surface area contributed by atoms with Crippen LogP contribution in [0.2, 0.25) is 0 Å². The van der Waals surface area contributed by atoms with Crippen molar-refractivity contribution >= 4 is 27.6 Å². The molecule has 8 heteroatoms. The van der Waals surface area contributed by atoms with Gasteiger partial charge in [0.1, 0.15) is 0 Å². The fourth-order valence-corrected chi connectivity index (χ4v) is 4.77. The van der Waals surface area contributed by atoms with E-state index in [2.05, 4.69) is 10.0 Å². The van der Waals surface area contributed by atoms with Gasteiger partial charge in [-0.15, -0.1) is 0 Å². The van der Waals surface area contributed by atoms with Gasteiger partial charge in [0.2, 0.25) is 15.9 Å². The number of amides is 1. The number of benzene rings is 1. The first-order valence-corrected chi connectivity index (χ1v) is 9.63. The van der Waals surface area contributed by atoms with Crippen LogP contribution in [0.1, 0.15) is 13.3 Å². The molecule has 7 nitrogen and oxygen atoms in total. The highest BCUT2D eigenvalue weighted by molar-refractivity contribution is 7.89. The van der Waals surface area contributed by atoms with Crippen molar-refractivity contribution in [3.63, 3.8) is 0 Å². The Morgan fingerprint density at radius 3 is 2.28 bits per heavy atom. The van der Waals surface area contributed by atoms with Crippen molar-refractivity contribution in [2.24, 2.45) is 23.7 Å². The van der Waals surface area contributed by atoms with Crippen LogP contribution >= 0.6 is 0 Å². The molecule has 1 fully saturated rings. The highest BCUT2D eigenvalue weighted by atomic mass is 32.2. The lowest BCUT2D eigenvalue weighted by Crippen LogP contribution is -2.36. The highest BCUT2D eigenvalue weighted by Gasteiger charge is 2.51. The average molecular weight is 364 g/mol. The number of nitrogens with one attached hydrogen (secondary N) is 2. The molecule has 2 aliphatic rings. The highest BCUT2D eigenvalue weighted by Crippen LogP contribution is 2.48. The summed E-state index contributed by atoms with van der Waals surface area (Å²) in [7, 11) is -3.55. The van der Waals surface area contributed by atoms with E-state index in [1.54, 1.807) is 6.92 Å². The number of rotatable bonds is 6. The number of carbonyl (C=O) groups excluding carboxylic acids is 1. The van der Waals surface area contributed by atoms with Crippen molar-refractivity contribution in [2.45, 2.75) is 18.2 Å². The summed E-state index contributed by atoms with van der Waals surface area (Å²) in [6, 6.07) is 5.81. The van der Waals surface area contributed by atoms with Crippen LogP contribution in [0.15, 0.2) is 41.3 Å². The predicted molar refractivity (Wildman–Crippen MR) is 91.3 cm³/mol. The zero-order chi connectivity index (χ0) is 18.2. The van der Waals surface area contributed by atoms with Gasteiger partial charge in [0.05, 0.1) is 16.7 Å². The maximum Gasteiger partial charge on any atom is 0.307 e. The van der Waals surface area contributed by atoms with E-state index in [0.29, 0.717) is 12.1 Å². The van der Waals surface area contributed by atoms with Gasteiger partial charge in [0.15, 0.2) is 0 Å². The first-order chi connectivity index (χ1) is 11.8. The van der Waals surface area contributed by atoms with Gasteiger partial charge in [-0.05, 0) is 42.5 Å². The van der Waals surface area contributed by atoms with E-state index < -0.39 is 27.8 Å². The fraction of sp³-hybridized carbons (Fsp3) is 0.412. The van der Waals surface area contributed by atoms with E-state index in [0.717, 1.165) is 0 Å². The lowest BCUT2D eigenvalue weighted by molar-refractivity contribution is -0.146. The smallest absolute Gasteiger partial charge is 0.307 e. The first-order valence-electron chi connectivity index (χ1n) is 8.15. The normalized spacial score (nSPS) is 27.4. The number of anilines is 1. The van der Waals surface area contributed by atoms with Gasteiger partial charge in [0.25, 0.3) is 0 Å². The summed E-state index contributed by atoms with van der Waals surface area (Å²) >= 11 is 0. The number of hydrogen-bond donors (Lipinski definition) is 3. The molecule has 0 heterocycles. The van der Waals surface area contributed by atoms with Crippen LogP contribution in [0, 0.1) is 23.7 Å². The topological polar surface area (TPSA) is 113 Å². The molecule has 1 saturated carbocycles. The third-order valence-electron chi connectivity index (χ3n) is 4.81. The Kier molecular flexibility index (Phi) is 4.66. The summed E-state index contributed by atoms with van der Waals surface area (Å²) in [6.07, 6.45) is 4.49. The van der Waals surface area contributed by atoms with Crippen molar-refractivity contribution in [3.05, 3.63) is 36.4 Å². The summed E-state index contributed by atoms with van der Waals surface area (Å²) in [5.74, 6) is -2.75. The van der Waals surface area contributed by atoms with Gasteiger partial charge in [0, 0.05) is 12.2 Å². The van der Waals surface area contributed by atoms with Crippen LogP contribution in [-0.4, -0.2) is 31.9 Å². The number of hydrogen-bond acceptors (Lipinski definition) is 4. The van der Waals surface area contributed by atoms with Crippen molar-refractivity contribution in [1.82, 2.24) is 4.72 Å². The number of sulfonamides is 1. The summed E-state index contributed by atoms with van der Waals surface area (Å²) in [5.41, 5.74) is 0.441. The van der Waals surface area contributed by atoms with Gasteiger partial charge < -0.3 is 10.4 Å². The first kappa shape index (κ1) is 17.6. The monoisotopic (exact) mass is 364 g/mol. The molecular formula is C17H20N2O5S. The van der Waals surface area contributed by atoms with Gasteiger partial charge in [-0.2, -0.15) is 0 Å². The Balaban J connectivity index is 1.73. The van der Waals surface area contributed by atoms with E-state index in [9.17, 15) is 23.1 Å². The Morgan fingerprint density at radius 1 is 1.12 bits per heavy atom. The molecule has 0 radical (unpaired) electrons. The molecule has 0 saturated heterocycles. The van der Waals surface area contributed by atoms with Crippen molar-refractivity contribution in [1.29, 1.82) is 0 Å². The van der Waals surface area contributed by atoms with Crippen LogP contribution in [0.5, 0.6) is 0 Å². The third kappa shape index (κ3) is 3.32. The molecule has 0 spiro atoms. The number of carboxylic acids is 1. The molecule has 0 aliphatic heterocycles. The number of aliphatic carboxylic acids is 1. The number of carboxylic acid groups (broad SMARTS) is 1. The van der Waals surface area contributed by atoms with Gasteiger partial charge in [-0.1, -0.05) is 19.1 Å². The van der Waals surface area contributed by atoms with E-state index in [1.807, 2.05) is 12.2 Å². The third-order valence-corrected chi connectivity index (χ3v) is 6.38. The van der Waals surface area contributed by atoms with Crippen LogP contribution < -0.4 is 10.0 Å². The minimum atomic E-state index is -3.55. The van der Waals surface area contributed by atoms with Crippen LogP contribution in [-0.2, 0) is 19.6 Å². The molecule has 25 heavy (non-hydrogen) atoms. The van der Waals surface area contributed by atoms with E-state index in [-0.39, 0.29) is 29.2 Å². The van der Waals surface area contributed by atoms with Crippen LogP contribution in [0.4, 0.5) is 5.69 Å². The molecular weight excluding hydrogens is 344 g/mol. The second-order valence-corrected chi connectivity index (χ2v) is 8.12. The second-order valence-electron chi connectivity index (χ2n) is 6.35. The molecule has 1 aromatic rings. The Hall–Kier alpha value is -2.19. The average Bonchev–Trinajstić information content (AvgIpc) is 3.16. The number of carbonyl (C=O) groups is 2. The molecule has 134 valence electrons. The second kappa shape index (κ2) is 6.61. The Labute approximate surface area is 146 Å². The summed E-state index contributed by atoms with van der Waals surface area (Å²) in [6.45, 7) is 1.98. The molecule has 1 amide bonds. The molecule has 0 unspecified atom stereocenters. The van der Waals surface area contributed by atoms with E-state index in [1.165, 1.54) is 24.3 Å². The molecule has 0 aromatic heterocycles. The molecule has 3 rings (SSSR count). The van der Waals surface area contributed by atoms with Crippen molar-refractivity contribution < 1.29 is 23.1 Å². The van der Waals surface area contributed by atoms with Crippen molar-refractivity contribution in [2.75, 3.05) is 11.9 Å². The maximum atomic E-state index is 12.6. The Morgan fingerprint density at radius 2 is 1.72 bits per heavy atom. The largest absolute Gasteiger partial charge is 0.481 e. The lowest BCUT2D eigenvalue weighted by atomic mass is 9.82. The molecule has 2 bridgehead atoms. The standard InChI is InChI=1S/C17H20N2O5S/c1-2-18-25(23,24)13-7-5-12(6-8-13)19-16(20)14-10-3-4-11(9-10)15(14)17(21)22/h3-8,10-11,14-15,18H,2,9H2,1H3,(H,19,20)(H,21,22)/t10-,11+,14+,15+/m1/s1. The summed E-state index contributed by atoms with van der Waals surface area (Å²) < 4.78 is 26.2. The van der Waals surface area contributed by atoms with Gasteiger partial charge >= 0.3 is 5.97 Å². The van der Waals surface area contributed by atoms with Crippen LogP contribution in [0.25, 0.3) is 0 Å². The van der Waals surface area contributed by atoms with Crippen molar-refractivity contribution in [3.8, 4) is 0 Å². The fourth-order valence-electron chi connectivity index (χ4n) is 3.73. The minimum absolute atomic E-state index is 0.0560. The van der Waals surface area contributed by atoms with E-state index >= 15 is 0 Å². The molecule has 1 aromatic carbocycles. The lowest BCUT2D eigenvalue weighted by Gasteiger charge is -2.23. The van der Waals surface area contributed by atoms with E-state index in [4.69, 9.17) is 0 Å². The zero-order valence-corrected chi connectivity index (χ0v) is 14.5. The van der Waals surface area contributed by atoms with Gasteiger partial charge in [-0.3, -0.25) is 9.59 Å². The summed E-state index contributed by atoms with van der Waals surface area (Å²) in [5, 5.41) is 12.1. The zero-order valence-electron chi connectivity index (χ0n) is 13.7. The summed E-state index contributed by atoms with van der Waals surface area (Å²) in [4.78, 5) is 24.2. The SMILES string of the molecule is CCNS(=O)(=O)c1ccc(NC(=O)[C@@H]2[C@@H](C(=O)O)[C@H]3C=C[C@@H]2C3)cc1. The van der Waals surface area contributed by atoms with Gasteiger partial charge in [-0.25, -0.2) is 13.1 Å². The quantitative estimate of drug-likeness (QED) is 0.661. The maximum absolute atomic E-state index is 12.6.